The number of carbonyl (C=O) groups is 1. The van der Waals surface area contributed by atoms with E-state index >= 15 is 0 Å². The van der Waals surface area contributed by atoms with Crippen LogP contribution in [0.4, 0.5) is 0 Å². The van der Waals surface area contributed by atoms with Crippen LogP contribution in [0.5, 0.6) is 5.75 Å². The molecule has 1 aliphatic carbocycles. The van der Waals surface area contributed by atoms with Gasteiger partial charge in [0.2, 0.25) is 5.89 Å². The van der Waals surface area contributed by atoms with Crippen LogP contribution < -0.4 is 10.1 Å². The predicted octanol–water partition coefficient (Wildman–Crippen LogP) is 3.33. The van der Waals surface area contributed by atoms with Crippen molar-refractivity contribution in [2.75, 3.05) is 0 Å². The Labute approximate surface area is 145 Å². The first-order valence-electron chi connectivity index (χ1n) is 8.42. The quantitative estimate of drug-likeness (QED) is 0.746. The third-order valence-electron chi connectivity index (χ3n) is 4.42. The summed E-state index contributed by atoms with van der Waals surface area (Å²) in [6, 6.07) is 9.77. The molecule has 1 fully saturated rings. The molecule has 1 atom stereocenters. The van der Waals surface area contributed by atoms with Crippen molar-refractivity contribution in [1.29, 1.82) is 0 Å². The summed E-state index contributed by atoms with van der Waals surface area (Å²) >= 11 is 0. The SMILES string of the molecule is C[C@@H](NC(=O)c1coc(COc2cccc3cccnc23)n1)C1CC1. The zero-order valence-electron chi connectivity index (χ0n) is 13.9. The Hall–Kier alpha value is -2.89. The number of nitrogens with one attached hydrogen (secondary N) is 1. The number of benzene rings is 1. The highest BCUT2D eigenvalue weighted by Crippen LogP contribution is 2.32. The van der Waals surface area contributed by atoms with E-state index in [0.29, 0.717) is 17.6 Å². The molecular weight excluding hydrogens is 318 g/mol. The van der Waals surface area contributed by atoms with Crippen molar-refractivity contribution in [1.82, 2.24) is 15.3 Å². The predicted molar refractivity (Wildman–Crippen MR) is 92.2 cm³/mol. The Kier molecular flexibility index (Phi) is 4.09. The molecule has 1 N–H and O–H groups in total. The van der Waals surface area contributed by atoms with Gasteiger partial charge in [-0.05, 0) is 37.8 Å². The lowest BCUT2D eigenvalue weighted by atomic mass is 10.2. The molecule has 0 saturated heterocycles. The molecule has 1 saturated carbocycles. The van der Waals surface area contributed by atoms with Crippen molar-refractivity contribution in [3.63, 3.8) is 0 Å². The Balaban J connectivity index is 1.41. The van der Waals surface area contributed by atoms with E-state index in [2.05, 4.69) is 15.3 Å². The highest BCUT2D eigenvalue weighted by atomic mass is 16.5. The average Bonchev–Trinajstić information content (AvgIpc) is 3.38. The van der Waals surface area contributed by atoms with Gasteiger partial charge in [0.15, 0.2) is 12.3 Å². The third-order valence-corrected chi connectivity index (χ3v) is 4.42. The molecule has 3 aromatic rings. The molecule has 0 bridgehead atoms. The van der Waals surface area contributed by atoms with Crippen molar-refractivity contribution in [3.8, 4) is 5.75 Å². The van der Waals surface area contributed by atoms with Gasteiger partial charge in [-0.15, -0.1) is 0 Å². The lowest BCUT2D eigenvalue weighted by molar-refractivity contribution is 0.0930. The fourth-order valence-corrected chi connectivity index (χ4v) is 2.81. The molecule has 2 heterocycles. The monoisotopic (exact) mass is 337 g/mol. The normalized spacial score (nSPS) is 15.1. The van der Waals surface area contributed by atoms with Gasteiger partial charge < -0.3 is 14.5 Å². The van der Waals surface area contributed by atoms with Gasteiger partial charge in [0, 0.05) is 17.6 Å². The topological polar surface area (TPSA) is 77.2 Å². The van der Waals surface area contributed by atoms with Crippen LogP contribution in [0, 0.1) is 5.92 Å². The standard InChI is InChI=1S/C19H19N3O3/c1-12(13-7-8-13)21-19(23)15-10-25-17(22-15)11-24-16-6-2-4-14-5-3-9-20-18(14)16/h2-6,9-10,12-13H,7-8,11H2,1H3,(H,21,23)/t12-/m1/s1. The fraction of sp³-hybridized carbons (Fsp3) is 0.316. The van der Waals surface area contributed by atoms with Gasteiger partial charge in [-0.3, -0.25) is 9.78 Å². The van der Waals surface area contributed by atoms with Gasteiger partial charge >= 0.3 is 0 Å². The molecule has 2 aromatic heterocycles. The van der Waals surface area contributed by atoms with Crippen LogP contribution in [0.1, 0.15) is 36.1 Å². The second-order valence-electron chi connectivity index (χ2n) is 6.35. The molecule has 128 valence electrons. The maximum atomic E-state index is 12.2. The number of carbonyl (C=O) groups excluding carboxylic acids is 1. The van der Waals surface area contributed by atoms with Crippen LogP contribution in [-0.4, -0.2) is 21.9 Å². The van der Waals surface area contributed by atoms with Crippen LogP contribution in [0.15, 0.2) is 47.2 Å². The maximum absolute atomic E-state index is 12.2. The van der Waals surface area contributed by atoms with Gasteiger partial charge in [-0.25, -0.2) is 4.98 Å². The third kappa shape index (κ3) is 3.47. The summed E-state index contributed by atoms with van der Waals surface area (Å²) in [5, 5.41) is 3.96. The number of oxazole rings is 1. The lowest BCUT2D eigenvalue weighted by Crippen LogP contribution is -2.34. The van der Waals surface area contributed by atoms with E-state index in [1.807, 2.05) is 37.3 Å². The molecule has 0 spiro atoms. The smallest absolute Gasteiger partial charge is 0.273 e. The van der Waals surface area contributed by atoms with Crippen molar-refractivity contribution < 1.29 is 13.9 Å². The summed E-state index contributed by atoms with van der Waals surface area (Å²) in [7, 11) is 0. The van der Waals surface area contributed by atoms with Crippen LogP contribution in [0.25, 0.3) is 10.9 Å². The lowest BCUT2D eigenvalue weighted by Gasteiger charge is -2.10. The molecule has 4 rings (SSSR count). The largest absolute Gasteiger partial charge is 0.482 e. The number of ether oxygens (including phenoxy) is 1. The number of pyridine rings is 1. The Morgan fingerprint density at radius 3 is 3.04 bits per heavy atom. The van der Waals surface area contributed by atoms with Crippen molar-refractivity contribution in [2.45, 2.75) is 32.4 Å². The van der Waals surface area contributed by atoms with E-state index in [0.717, 1.165) is 10.9 Å². The molecule has 0 radical (unpaired) electrons. The van der Waals surface area contributed by atoms with Gasteiger partial charge in [-0.2, -0.15) is 0 Å². The van der Waals surface area contributed by atoms with E-state index in [1.165, 1.54) is 19.1 Å². The van der Waals surface area contributed by atoms with Gasteiger partial charge in [-0.1, -0.05) is 18.2 Å². The highest BCUT2D eigenvalue weighted by Gasteiger charge is 2.29. The van der Waals surface area contributed by atoms with Crippen LogP contribution >= 0.6 is 0 Å². The number of hydrogen-bond donors (Lipinski definition) is 1. The number of nitrogens with zero attached hydrogens (tertiary/aromatic N) is 2. The molecule has 0 unspecified atom stereocenters. The molecule has 0 aliphatic heterocycles. The van der Waals surface area contributed by atoms with Crippen LogP contribution in [0.2, 0.25) is 0 Å². The number of para-hydroxylation sites is 1. The zero-order valence-corrected chi connectivity index (χ0v) is 13.9. The van der Waals surface area contributed by atoms with Gasteiger partial charge in [0.1, 0.15) is 17.5 Å². The number of fused-ring (bicyclic) bond motifs is 1. The Bertz CT molecular complexity index is 896. The average molecular weight is 337 g/mol. The zero-order chi connectivity index (χ0) is 17.2. The van der Waals surface area contributed by atoms with Crippen LogP contribution in [-0.2, 0) is 6.61 Å². The summed E-state index contributed by atoms with van der Waals surface area (Å²) in [5.41, 5.74) is 1.06. The van der Waals surface area contributed by atoms with Crippen molar-refractivity contribution in [3.05, 3.63) is 54.4 Å². The van der Waals surface area contributed by atoms with E-state index < -0.39 is 0 Å². The summed E-state index contributed by atoms with van der Waals surface area (Å²) < 4.78 is 11.1. The minimum Gasteiger partial charge on any atom is -0.482 e. The minimum atomic E-state index is -0.207. The summed E-state index contributed by atoms with van der Waals surface area (Å²) in [6.07, 6.45) is 5.45. The van der Waals surface area contributed by atoms with E-state index in [-0.39, 0.29) is 24.2 Å². The first kappa shape index (κ1) is 15.6. The maximum Gasteiger partial charge on any atom is 0.273 e. The molecule has 1 aliphatic rings. The van der Waals surface area contributed by atoms with Gasteiger partial charge in [0.05, 0.1) is 0 Å². The van der Waals surface area contributed by atoms with Crippen molar-refractivity contribution in [2.24, 2.45) is 5.92 Å². The number of rotatable bonds is 6. The summed E-state index contributed by atoms with van der Waals surface area (Å²) in [5.74, 6) is 1.40. The number of aromatic nitrogens is 2. The molecular formula is C19H19N3O3. The minimum absolute atomic E-state index is 0.140. The molecule has 6 heteroatoms. The van der Waals surface area contributed by atoms with Gasteiger partial charge in [0.25, 0.3) is 5.91 Å². The number of amides is 1. The fourth-order valence-electron chi connectivity index (χ4n) is 2.81. The Morgan fingerprint density at radius 1 is 1.36 bits per heavy atom. The first-order chi connectivity index (χ1) is 12.2. The molecule has 1 amide bonds. The van der Waals surface area contributed by atoms with E-state index in [9.17, 15) is 4.79 Å². The van der Waals surface area contributed by atoms with Crippen LogP contribution in [0.3, 0.4) is 0 Å². The van der Waals surface area contributed by atoms with E-state index in [4.69, 9.17) is 9.15 Å². The summed E-state index contributed by atoms with van der Waals surface area (Å²) in [6.45, 7) is 2.16. The molecule has 25 heavy (non-hydrogen) atoms. The van der Waals surface area contributed by atoms with Crippen molar-refractivity contribution >= 4 is 16.8 Å². The number of hydrogen-bond acceptors (Lipinski definition) is 5. The molecule has 1 aromatic carbocycles. The second-order valence-corrected chi connectivity index (χ2v) is 6.35. The second kappa shape index (κ2) is 6.55. The molecule has 6 nitrogen and oxygen atoms in total. The van der Waals surface area contributed by atoms with E-state index in [1.54, 1.807) is 6.20 Å². The Morgan fingerprint density at radius 2 is 2.20 bits per heavy atom. The summed E-state index contributed by atoms with van der Waals surface area (Å²) in [4.78, 5) is 20.7. The highest BCUT2D eigenvalue weighted by molar-refractivity contribution is 5.92. The first-order valence-corrected chi connectivity index (χ1v) is 8.42.